The predicted octanol–water partition coefficient (Wildman–Crippen LogP) is 4.25. The van der Waals surface area contributed by atoms with Crippen molar-refractivity contribution in [1.82, 2.24) is 4.57 Å². The Labute approximate surface area is 101 Å². The summed E-state index contributed by atoms with van der Waals surface area (Å²) >= 11 is 0. The molecule has 0 N–H and O–H groups in total. The first-order valence-electron chi connectivity index (χ1n) is 5.89. The summed E-state index contributed by atoms with van der Waals surface area (Å²) in [6.07, 6.45) is 2.13. The highest BCUT2D eigenvalue weighted by molar-refractivity contribution is 5.82. The number of rotatable bonds is 1. The summed E-state index contributed by atoms with van der Waals surface area (Å²) in [6, 6.07) is 17.4. The number of nitrogens with zero attached hydrogens (tertiary/aromatic N) is 1. The van der Waals surface area contributed by atoms with Crippen LogP contribution < -0.4 is 0 Å². The minimum absolute atomic E-state index is 1.22. The Hall–Kier alpha value is -2.02. The molecule has 84 valence electrons. The summed E-state index contributed by atoms with van der Waals surface area (Å²) in [7, 11) is 0. The van der Waals surface area contributed by atoms with E-state index in [2.05, 4.69) is 73.1 Å². The second-order valence-electron chi connectivity index (χ2n) is 4.58. The molecule has 3 rings (SSSR count). The number of benzene rings is 2. The van der Waals surface area contributed by atoms with Gasteiger partial charge < -0.3 is 4.57 Å². The zero-order chi connectivity index (χ0) is 11.8. The third-order valence-electron chi connectivity index (χ3n) is 3.16. The molecule has 0 aliphatic carbocycles. The van der Waals surface area contributed by atoms with E-state index in [9.17, 15) is 0 Å². The summed E-state index contributed by atoms with van der Waals surface area (Å²) in [5.41, 5.74) is 5.08. The van der Waals surface area contributed by atoms with Crippen LogP contribution in [0.1, 0.15) is 11.1 Å². The third-order valence-corrected chi connectivity index (χ3v) is 3.16. The second kappa shape index (κ2) is 3.77. The van der Waals surface area contributed by atoms with Crippen molar-refractivity contribution in [1.29, 1.82) is 0 Å². The quantitative estimate of drug-likeness (QED) is 0.579. The van der Waals surface area contributed by atoms with E-state index in [1.165, 1.54) is 27.7 Å². The lowest BCUT2D eigenvalue weighted by molar-refractivity contribution is 1.12. The summed E-state index contributed by atoms with van der Waals surface area (Å²) in [6.45, 7) is 4.24. The molecule has 0 radical (unpaired) electrons. The summed E-state index contributed by atoms with van der Waals surface area (Å²) < 4.78 is 2.23. The van der Waals surface area contributed by atoms with Gasteiger partial charge in [0, 0.05) is 17.3 Å². The minimum Gasteiger partial charge on any atom is -0.317 e. The molecule has 1 nitrogen and oxygen atoms in total. The molecular formula is C16H15N. The second-order valence-corrected chi connectivity index (χ2v) is 4.58. The average molecular weight is 221 g/mol. The van der Waals surface area contributed by atoms with E-state index in [0.29, 0.717) is 0 Å². The molecule has 0 fully saturated rings. The first kappa shape index (κ1) is 10.2. The Morgan fingerprint density at radius 2 is 1.47 bits per heavy atom. The zero-order valence-electron chi connectivity index (χ0n) is 10.1. The van der Waals surface area contributed by atoms with E-state index < -0.39 is 0 Å². The van der Waals surface area contributed by atoms with E-state index in [0.717, 1.165) is 0 Å². The van der Waals surface area contributed by atoms with E-state index in [-0.39, 0.29) is 0 Å². The molecular weight excluding hydrogens is 206 g/mol. The van der Waals surface area contributed by atoms with Gasteiger partial charge in [0.15, 0.2) is 0 Å². The van der Waals surface area contributed by atoms with Gasteiger partial charge >= 0.3 is 0 Å². The Kier molecular flexibility index (Phi) is 2.25. The lowest BCUT2D eigenvalue weighted by Gasteiger charge is -2.06. The van der Waals surface area contributed by atoms with Gasteiger partial charge in [0.05, 0.1) is 5.52 Å². The fraction of sp³-hybridized carbons (Fsp3) is 0.125. The fourth-order valence-electron chi connectivity index (χ4n) is 2.19. The van der Waals surface area contributed by atoms with E-state index in [4.69, 9.17) is 0 Å². The van der Waals surface area contributed by atoms with Crippen LogP contribution in [0.4, 0.5) is 0 Å². The molecule has 0 spiro atoms. The van der Waals surface area contributed by atoms with Gasteiger partial charge in [-0.1, -0.05) is 29.3 Å². The van der Waals surface area contributed by atoms with Gasteiger partial charge in [0.1, 0.15) is 0 Å². The molecule has 0 aliphatic heterocycles. The molecule has 17 heavy (non-hydrogen) atoms. The van der Waals surface area contributed by atoms with Gasteiger partial charge in [-0.25, -0.2) is 0 Å². The molecule has 0 aliphatic rings. The predicted molar refractivity (Wildman–Crippen MR) is 72.7 cm³/mol. The van der Waals surface area contributed by atoms with Crippen LogP contribution in [0.15, 0.2) is 54.7 Å². The topological polar surface area (TPSA) is 4.93 Å². The summed E-state index contributed by atoms with van der Waals surface area (Å²) in [5, 5.41) is 1.30. The third kappa shape index (κ3) is 1.74. The smallest absolute Gasteiger partial charge is 0.0528 e. The Balaban J connectivity index is 2.21. The SMILES string of the molecule is Cc1ccc(-n2ccc3cc(C)ccc32)cc1. The van der Waals surface area contributed by atoms with Crippen LogP contribution in [-0.2, 0) is 0 Å². The highest BCUT2D eigenvalue weighted by Crippen LogP contribution is 2.21. The average Bonchev–Trinajstić information content (AvgIpc) is 2.73. The van der Waals surface area contributed by atoms with Gasteiger partial charge in [0.2, 0.25) is 0 Å². The van der Waals surface area contributed by atoms with Gasteiger partial charge in [-0.3, -0.25) is 0 Å². The van der Waals surface area contributed by atoms with Crippen LogP contribution in [0.5, 0.6) is 0 Å². The standard InChI is InChI=1S/C16H15N/c1-12-3-6-15(7-4-12)17-10-9-14-11-13(2)5-8-16(14)17/h3-11H,1-2H3. The van der Waals surface area contributed by atoms with Crippen LogP contribution in [0.2, 0.25) is 0 Å². The van der Waals surface area contributed by atoms with Gasteiger partial charge in [-0.2, -0.15) is 0 Å². The molecule has 0 amide bonds. The van der Waals surface area contributed by atoms with Crippen LogP contribution >= 0.6 is 0 Å². The first-order chi connectivity index (χ1) is 8.24. The number of aryl methyl sites for hydroxylation is 2. The van der Waals surface area contributed by atoms with Crippen molar-refractivity contribution in [2.45, 2.75) is 13.8 Å². The number of hydrogen-bond acceptors (Lipinski definition) is 0. The minimum atomic E-state index is 1.22. The Morgan fingerprint density at radius 3 is 2.24 bits per heavy atom. The lowest BCUT2D eigenvalue weighted by Crippen LogP contribution is -1.91. The van der Waals surface area contributed by atoms with Gasteiger partial charge in [0.25, 0.3) is 0 Å². The number of fused-ring (bicyclic) bond motifs is 1. The maximum atomic E-state index is 2.23. The van der Waals surface area contributed by atoms with Crippen molar-refractivity contribution in [3.63, 3.8) is 0 Å². The summed E-state index contributed by atoms with van der Waals surface area (Å²) in [4.78, 5) is 0. The molecule has 0 saturated carbocycles. The summed E-state index contributed by atoms with van der Waals surface area (Å²) in [5.74, 6) is 0. The van der Waals surface area contributed by atoms with Crippen LogP contribution in [0, 0.1) is 13.8 Å². The molecule has 1 heterocycles. The maximum absolute atomic E-state index is 2.23. The lowest BCUT2D eigenvalue weighted by atomic mass is 10.2. The fourth-order valence-corrected chi connectivity index (χ4v) is 2.19. The van der Waals surface area contributed by atoms with E-state index in [1.807, 2.05) is 0 Å². The van der Waals surface area contributed by atoms with Gasteiger partial charge in [-0.05, 0) is 44.2 Å². The van der Waals surface area contributed by atoms with Crippen molar-refractivity contribution in [2.24, 2.45) is 0 Å². The van der Waals surface area contributed by atoms with Crippen molar-refractivity contribution in [2.75, 3.05) is 0 Å². The Bertz CT molecular complexity index is 660. The highest BCUT2D eigenvalue weighted by Gasteiger charge is 2.02. The molecule has 2 aromatic carbocycles. The van der Waals surface area contributed by atoms with Crippen LogP contribution in [0.25, 0.3) is 16.6 Å². The molecule has 0 unspecified atom stereocenters. The van der Waals surface area contributed by atoms with Crippen molar-refractivity contribution < 1.29 is 0 Å². The normalized spacial score (nSPS) is 10.9. The van der Waals surface area contributed by atoms with Gasteiger partial charge in [-0.15, -0.1) is 0 Å². The molecule has 0 saturated heterocycles. The molecule has 0 bridgehead atoms. The van der Waals surface area contributed by atoms with Crippen LogP contribution in [-0.4, -0.2) is 4.57 Å². The monoisotopic (exact) mass is 221 g/mol. The number of hydrogen-bond donors (Lipinski definition) is 0. The molecule has 1 heteroatoms. The first-order valence-corrected chi connectivity index (χ1v) is 5.89. The maximum Gasteiger partial charge on any atom is 0.0528 e. The zero-order valence-corrected chi connectivity index (χ0v) is 10.1. The van der Waals surface area contributed by atoms with Crippen molar-refractivity contribution in [3.05, 3.63) is 65.9 Å². The van der Waals surface area contributed by atoms with Crippen LogP contribution in [0.3, 0.4) is 0 Å². The van der Waals surface area contributed by atoms with Crippen molar-refractivity contribution in [3.8, 4) is 5.69 Å². The largest absolute Gasteiger partial charge is 0.317 e. The molecule has 0 atom stereocenters. The van der Waals surface area contributed by atoms with E-state index in [1.54, 1.807) is 0 Å². The Morgan fingerprint density at radius 1 is 0.765 bits per heavy atom. The van der Waals surface area contributed by atoms with Crippen molar-refractivity contribution >= 4 is 10.9 Å². The number of aromatic nitrogens is 1. The van der Waals surface area contributed by atoms with E-state index >= 15 is 0 Å². The molecule has 3 aromatic rings. The highest BCUT2D eigenvalue weighted by atomic mass is 15.0. The molecule has 1 aromatic heterocycles.